The number of halogens is 1. The van der Waals surface area contributed by atoms with E-state index in [0.29, 0.717) is 12.5 Å². The zero-order chi connectivity index (χ0) is 20.9. The average molecular weight is 530 g/mol. The fourth-order valence-electron chi connectivity index (χ4n) is 3.36. The van der Waals surface area contributed by atoms with Crippen LogP contribution in [0.2, 0.25) is 0 Å². The molecule has 1 aromatic rings. The van der Waals surface area contributed by atoms with Crippen molar-refractivity contribution in [3.05, 3.63) is 30.1 Å². The van der Waals surface area contributed by atoms with E-state index in [9.17, 15) is 4.79 Å². The molecule has 1 fully saturated rings. The van der Waals surface area contributed by atoms with E-state index in [1.807, 2.05) is 32.2 Å². The Hall–Kier alpha value is -1.42. The molecule has 170 valence electrons. The Morgan fingerprint density at radius 2 is 2.07 bits per heavy atom. The van der Waals surface area contributed by atoms with Crippen molar-refractivity contribution in [1.82, 2.24) is 25.4 Å². The highest BCUT2D eigenvalue weighted by Gasteiger charge is 2.15. The second kappa shape index (κ2) is 15.4. The molecule has 1 saturated heterocycles. The van der Waals surface area contributed by atoms with Crippen LogP contribution in [-0.2, 0) is 11.2 Å². The number of pyridine rings is 1. The van der Waals surface area contributed by atoms with Crippen molar-refractivity contribution in [3.63, 3.8) is 0 Å². The Bertz CT molecular complexity index is 619. The van der Waals surface area contributed by atoms with Crippen LogP contribution in [0.3, 0.4) is 0 Å². The molecule has 1 aromatic heterocycles. The molecule has 8 heteroatoms. The third-order valence-corrected chi connectivity index (χ3v) is 5.39. The van der Waals surface area contributed by atoms with E-state index in [0.717, 1.165) is 44.1 Å². The van der Waals surface area contributed by atoms with Crippen molar-refractivity contribution in [2.75, 3.05) is 52.9 Å². The van der Waals surface area contributed by atoms with Gasteiger partial charge in [0.1, 0.15) is 6.54 Å². The van der Waals surface area contributed by atoms with Crippen molar-refractivity contribution in [1.29, 1.82) is 0 Å². The van der Waals surface area contributed by atoms with E-state index < -0.39 is 0 Å². The minimum Gasteiger partial charge on any atom is -0.357 e. The molecule has 2 heterocycles. The van der Waals surface area contributed by atoms with Gasteiger partial charge in [-0.05, 0) is 63.9 Å². The van der Waals surface area contributed by atoms with Crippen LogP contribution in [0.5, 0.6) is 0 Å². The highest BCUT2D eigenvalue weighted by molar-refractivity contribution is 14.0. The Balaban J connectivity index is 0.00000450. The fourth-order valence-corrected chi connectivity index (χ4v) is 3.36. The Kier molecular flexibility index (Phi) is 13.7. The summed E-state index contributed by atoms with van der Waals surface area (Å²) in [5.74, 6) is 1.60. The highest BCUT2D eigenvalue weighted by Crippen LogP contribution is 2.15. The second-order valence-corrected chi connectivity index (χ2v) is 7.89. The zero-order valence-electron chi connectivity index (χ0n) is 18.8. The number of aromatic nitrogens is 1. The van der Waals surface area contributed by atoms with E-state index in [2.05, 4.69) is 32.4 Å². The summed E-state index contributed by atoms with van der Waals surface area (Å²) in [6, 6.07) is 5.85. The van der Waals surface area contributed by atoms with Crippen LogP contribution in [0, 0.1) is 5.92 Å². The largest absolute Gasteiger partial charge is 0.357 e. The Labute approximate surface area is 199 Å². The first-order valence-electron chi connectivity index (χ1n) is 11.0. The average Bonchev–Trinajstić information content (AvgIpc) is 2.75. The number of likely N-dealkylation sites (tertiary alicyclic amines) is 1. The first kappa shape index (κ1) is 26.6. The molecular weight excluding hydrogens is 491 g/mol. The van der Waals surface area contributed by atoms with E-state index >= 15 is 0 Å². The van der Waals surface area contributed by atoms with Gasteiger partial charge in [0.05, 0.1) is 0 Å². The quantitative estimate of drug-likeness (QED) is 0.211. The molecule has 0 aromatic carbocycles. The van der Waals surface area contributed by atoms with Crippen molar-refractivity contribution in [2.45, 2.75) is 39.5 Å². The van der Waals surface area contributed by atoms with E-state index in [1.165, 1.54) is 25.9 Å². The number of carbonyl (C=O) groups excluding carboxylic acids is 1. The van der Waals surface area contributed by atoms with Crippen LogP contribution in [-0.4, -0.2) is 79.5 Å². The smallest absolute Gasteiger partial charge is 0.244 e. The molecular formula is C22H39IN6O. The monoisotopic (exact) mass is 530 g/mol. The molecule has 0 atom stereocenters. The van der Waals surface area contributed by atoms with Gasteiger partial charge in [0.15, 0.2) is 5.96 Å². The lowest BCUT2D eigenvalue weighted by Crippen LogP contribution is -2.40. The number of amides is 1. The highest BCUT2D eigenvalue weighted by atomic mass is 127. The van der Waals surface area contributed by atoms with Crippen molar-refractivity contribution < 1.29 is 4.79 Å². The number of carbonyl (C=O) groups is 1. The number of piperidine rings is 1. The number of nitrogens with zero attached hydrogens (tertiary/aromatic N) is 4. The molecule has 2 N–H and O–H groups in total. The lowest BCUT2D eigenvalue weighted by Gasteiger charge is -2.30. The SMILES string of the molecule is CCNC(=NCC(=O)N(C)CCc1ccccn1)NCCCN1CCC(C)CC1.I. The minimum atomic E-state index is 0. The van der Waals surface area contributed by atoms with Crippen LogP contribution in [0.15, 0.2) is 29.4 Å². The van der Waals surface area contributed by atoms with Crippen LogP contribution < -0.4 is 10.6 Å². The Morgan fingerprint density at radius 3 is 2.73 bits per heavy atom. The van der Waals surface area contributed by atoms with Gasteiger partial charge in [0, 0.05) is 45.0 Å². The number of likely N-dealkylation sites (N-methyl/N-ethyl adjacent to an activating group) is 1. The number of aliphatic imine (C=N–C) groups is 1. The predicted octanol–water partition coefficient (Wildman–Crippen LogP) is 2.38. The van der Waals surface area contributed by atoms with Gasteiger partial charge in [0.2, 0.25) is 5.91 Å². The summed E-state index contributed by atoms with van der Waals surface area (Å²) in [7, 11) is 1.82. The maximum Gasteiger partial charge on any atom is 0.244 e. The topological polar surface area (TPSA) is 72.9 Å². The van der Waals surface area contributed by atoms with Gasteiger partial charge in [-0.3, -0.25) is 9.78 Å². The summed E-state index contributed by atoms with van der Waals surface area (Å²) in [6.45, 7) is 10.4. The van der Waals surface area contributed by atoms with Crippen molar-refractivity contribution >= 4 is 35.8 Å². The predicted molar refractivity (Wildman–Crippen MR) is 134 cm³/mol. The van der Waals surface area contributed by atoms with Crippen molar-refractivity contribution in [3.8, 4) is 0 Å². The lowest BCUT2D eigenvalue weighted by atomic mass is 9.99. The van der Waals surface area contributed by atoms with E-state index in [4.69, 9.17) is 0 Å². The summed E-state index contributed by atoms with van der Waals surface area (Å²) in [6.07, 6.45) is 6.24. The van der Waals surface area contributed by atoms with Crippen LogP contribution in [0.25, 0.3) is 0 Å². The Morgan fingerprint density at radius 1 is 1.30 bits per heavy atom. The molecule has 0 spiro atoms. The van der Waals surface area contributed by atoms with Crippen LogP contribution in [0.4, 0.5) is 0 Å². The number of guanidine groups is 1. The van der Waals surface area contributed by atoms with E-state index in [1.54, 1.807) is 11.1 Å². The minimum absolute atomic E-state index is 0. The molecule has 2 rings (SSSR count). The summed E-state index contributed by atoms with van der Waals surface area (Å²) in [5.41, 5.74) is 0.994. The molecule has 1 aliphatic rings. The molecule has 0 unspecified atom stereocenters. The van der Waals surface area contributed by atoms with E-state index in [-0.39, 0.29) is 36.4 Å². The molecule has 0 radical (unpaired) electrons. The normalized spacial score (nSPS) is 15.4. The maximum absolute atomic E-state index is 12.4. The maximum atomic E-state index is 12.4. The lowest BCUT2D eigenvalue weighted by molar-refractivity contribution is -0.128. The van der Waals surface area contributed by atoms with Gasteiger partial charge in [-0.15, -0.1) is 24.0 Å². The van der Waals surface area contributed by atoms with Gasteiger partial charge in [-0.2, -0.15) is 0 Å². The second-order valence-electron chi connectivity index (χ2n) is 7.89. The molecule has 0 saturated carbocycles. The van der Waals surface area contributed by atoms with Gasteiger partial charge in [-0.1, -0.05) is 13.0 Å². The van der Waals surface area contributed by atoms with Crippen LogP contribution in [0.1, 0.15) is 38.8 Å². The van der Waals surface area contributed by atoms with Gasteiger partial charge in [-0.25, -0.2) is 4.99 Å². The summed E-state index contributed by atoms with van der Waals surface area (Å²) in [4.78, 5) is 25.4. The first-order valence-corrected chi connectivity index (χ1v) is 11.0. The third kappa shape index (κ3) is 10.6. The molecule has 1 aliphatic heterocycles. The van der Waals surface area contributed by atoms with Crippen molar-refractivity contribution in [2.24, 2.45) is 10.9 Å². The summed E-state index contributed by atoms with van der Waals surface area (Å²) in [5, 5.41) is 6.58. The zero-order valence-corrected chi connectivity index (χ0v) is 21.1. The van der Waals surface area contributed by atoms with Gasteiger partial charge < -0.3 is 20.4 Å². The molecule has 30 heavy (non-hydrogen) atoms. The van der Waals surface area contributed by atoms with Gasteiger partial charge >= 0.3 is 0 Å². The molecule has 0 aliphatic carbocycles. The number of hydrogen-bond acceptors (Lipinski definition) is 4. The van der Waals surface area contributed by atoms with Crippen LogP contribution >= 0.6 is 24.0 Å². The van der Waals surface area contributed by atoms with Gasteiger partial charge in [0.25, 0.3) is 0 Å². The number of nitrogens with one attached hydrogen (secondary N) is 2. The molecule has 1 amide bonds. The first-order chi connectivity index (χ1) is 14.1. The summed E-state index contributed by atoms with van der Waals surface area (Å²) >= 11 is 0. The fraction of sp³-hybridized carbons (Fsp3) is 0.682. The summed E-state index contributed by atoms with van der Waals surface area (Å²) < 4.78 is 0. The molecule has 0 bridgehead atoms. The third-order valence-electron chi connectivity index (χ3n) is 5.39. The standard InChI is InChI=1S/C22H38N6O.HI/c1-4-23-22(25-13-7-14-28-16-9-19(2)10-17-28)26-18-21(29)27(3)15-11-20-8-5-6-12-24-20;/h5-6,8,12,19H,4,7,9-11,13-18H2,1-3H3,(H2,23,25,26);1H. The molecule has 7 nitrogen and oxygen atoms in total. The number of rotatable bonds is 10. The number of hydrogen-bond donors (Lipinski definition) is 2.